The fourth-order valence-corrected chi connectivity index (χ4v) is 5.91. The molecule has 0 spiro atoms. The molecule has 0 aliphatic carbocycles. The van der Waals surface area contributed by atoms with Crippen LogP contribution in [0.3, 0.4) is 0 Å². The van der Waals surface area contributed by atoms with Crippen LogP contribution in [0.15, 0.2) is 60.1 Å². The number of thiophene rings is 1. The summed E-state index contributed by atoms with van der Waals surface area (Å²) < 4.78 is 8.51. The van der Waals surface area contributed by atoms with Gasteiger partial charge in [0.1, 0.15) is 17.0 Å². The molecule has 3 aromatic heterocycles. The zero-order valence-electron chi connectivity index (χ0n) is 24.1. The van der Waals surface area contributed by atoms with Crippen LogP contribution in [0.4, 0.5) is 11.6 Å². The predicted octanol–water partition coefficient (Wildman–Crippen LogP) is 4.92. The van der Waals surface area contributed by atoms with E-state index in [4.69, 9.17) is 9.72 Å². The number of benzene rings is 2. The van der Waals surface area contributed by atoms with Gasteiger partial charge in [-0.25, -0.2) is 9.67 Å². The molecule has 0 atom stereocenters. The molecule has 0 unspecified atom stereocenters. The number of nitriles is 1. The summed E-state index contributed by atoms with van der Waals surface area (Å²) in [7, 11) is 0. The number of hydrogen-bond donors (Lipinski definition) is 2. The van der Waals surface area contributed by atoms with Crippen molar-refractivity contribution in [1.82, 2.24) is 29.9 Å². The van der Waals surface area contributed by atoms with Crippen LogP contribution in [0.25, 0.3) is 10.2 Å². The molecule has 13 heteroatoms. The van der Waals surface area contributed by atoms with E-state index in [0.29, 0.717) is 54.8 Å². The number of fused-ring (bicyclic) bond motifs is 1. The van der Waals surface area contributed by atoms with Crippen molar-refractivity contribution in [2.24, 2.45) is 0 Å². The summed E-state index contributed by atoms with van der Waals surface area (Å²) in [5.74, 6) is 1.10. The van der Waals surface area contributed by atoms with Gasteiger partial charge >= 0.3 is 0 Å². The highest BCUT2D eigenvalue weighted by molar-refractivity contribution is 7.17. The highest BCUT2D eigenvalue weighted by Gasteiger charge is 2.26. The molecular weight excluding hydrogens is 578 g/mol. The summed E-state index contributed by atoms with van der Waals surface area (Å²) in [5, 5.41) is 25.4. The maximum absolute atomic E-state index is 13.1. The summed E-state index contributed by atoms with van der Waals surface area (Å²) in [6.45, 7) is 4.81. The van der Waals surface area contributed by atoms with Crippen LogP contribution in [-0.4, -0.2) is 60.8 Å². The van der Waals surface area contributed by atoms with E-state index in [2.05, 4.69) is 32.0 Å². The average Bonchev–Trinajstić information content (AvgIpc) is 3.69. The minimum absolute atomic E-state index is 0.0499. The summed E-state index contributed by atoms with van der Waals surface area (Å²) in [5.41, 5.74) is 3.95. The second kappa shape index (κ2) is 12.5. The zero-order chi connectivity index (χ0) is 30.6. The molecule has 0 saturated carbocycles. The number of para-hydroxylation sites is 1. The maximum atomic E-state index is 13.1. The number of amides is 2. The van der Waals surface area contributed by atoms with Crippen molar-refractivity contribution in [3.05, 3.63) is 82.5 Å². The van der Waals surface area contributed by atoms with Gasteiger partial charge in [0.2, 0.25) is 17.7 Å². The van der Waals surface area contributed by atoms with Crippen molar-refractivity contribution < 1.29 is 14.3 Å². The van der Waals surface area contributed by atoms with Gasteiger partial charge < -0.3 is 20.3 Å². The van der Waals surface area contributed by atoms with Crippen molar-refractivity contribution >= 4 is 45.0 Å². The number of hydrogen-bond acceptors (Lipinski definition) is 10. The van der Waals surface area contributed by atoms with Crippen LogP contribution < -0.4 is 15.4 Å². The molecule has 2 N–H and O–H groups in total. The van der Waals surface area contributed by atoms with Gasteiger partial charge in [0, 0.05) is 24.8 Å². The Kier molecular flexibility index (Phi) is 8.16. The Balaban J connectivity index is 1.07. The molecule has 2 amide bonds. The molecule has 1 saturated heterocycles. The van der Waals surface area contributed by atoms with Gasteiger partial charge in [-0.15, -0.1) is 16.4 Å². The van der Waals surface area contributed by atoms with E-state index in [1.54, 1.807) is 29.2 Å². The molecule has 6 rings (SSSR count). The Hall–Kier alpha value is -5.35. The maximum Gasteiger partial charge on any atom is 0.276 e. The molecule has 222 valence electrons. The van der Waals surface area contributed by atoms with E-state index < -0.39 is 0 Å². The van der Waals surface area contributed by atoms with Gasteiger partial charge in [-0.2, -0.15) is 10.2 Å². The van der Waals surface area contributed by atoms with E-state index in [1.165, 1.54) is 22.2 Å². The predicted molar refractivity (Wildman–Crippen MR) is 166 cm³/mol. The number of anilines is 2. The molecule has 1 aliphatic rings. The molecule has 1 fully saturated rings. The lowest BCUT2D eigenvalue weighted by Gasteiger charge is -2.31. The van der Waals surface area contributed by atoms with Gasteiger partial charge in [-0.3, -0.25) is 9.59 Å². The van der Waals surface area contributed by atoms with Crippen molar-refractivity contribution in [2.45, 2.75) is 39.3 Å². The Labute approximate surface area is 257 Å². The lowest BCUT2D eigenvalue weighted by atomic mass is 10.0. The van der Waals surface area contributed by atoms with Crippen molar-refractivity contribution in [3.8, 4) is 17.7 Å². The molecule has 1 aliphatic heterocycles. The summed E-state index contributed by atoms with van der Waals surface area (Å²) in [6.07, 6.45) is 2.88. The number of ether oxygens (including phenoxy) is 1. The third-order valence-corrected chi connectivity index (χ3v) is 8.19. The normalized spacial score (nSPS) is 13.4. The summed E-state index contributed by atoms with van der Waals surface area (Å²) >= 11 is 1.50. The smallest absolute Gasteiger partial charge is 0.276 e. The van der Waals surface area contributed by atoms with E-state index in [9.17, 15) is 14.9 Å². The Bertz CT molecular complexity index is 1850. The number of nitrogens with zero attached hydrogens (tertiary/aromatic N) is 7. The first-order valence-electron chi connectivity index (χ1n) is 14.1. The molecule has 0 radical (unpaired) electrons. The number of nitrogens with one attached hydrogen (secondary N) is 2. The van der Waals surface area contributed by atoms with Crippen molar-refractivity contribution in [2.75, 3.05) is 23.7 Å². The van der Waals surface area contributed by atoms with Crippen LogP contribution in [-0.2, 0) is 11.3 Å². The van der Waals surface area contributed by atoms with Crippen LogP contribution in [0.1, 0.15) is 40.0 Å². The van der Waals surface area contributed by atoms with E-state index in [-0.39, 0.29) is 30.1 Å². The number of likely N-dealkylation sites (tertiary alicyclic amines) is 1. The van der Waals surface area contributed by atoms with Crippen LogP contribution in [0, 0.1) is 25.2 Å². The highest BCUT2D eigenvalue weighted by Crippen LogP contribution is 2.36. The second-order valence-electron chi connectivity index (χ2n) is 10.6. The standard InChI is InChI=1S/C31H29N9O3S/c1-19-14-21(16-32)15-20(2)27(19)43-29-28-24(10-13-44-28)35-31(36-29)34-23-8-11-39(12-9-23)30(42)25-17-40(38-37-25)18-26(41)33-22-6-4-3-5-7-22/h3-7,10,13-15,17,23H,8-9,11-12,18H2,1-2H3,(H,33,41)(H,34,35,36). The largest absolute Gasteiger partial charge is 0.437 e. The van der Waals surface area contributed by atoms with E-state index >= 15 is 0 Å². The van der Waals surface area contributed by atoms with Crippen LogP contribution >= 0.6 is 11.3 Å². The fourth-order valence-electron chi connectivity index (χ4n) is 5.16. The quantitative estimate of drug-likeness (QED) is 0.250. The van der Waals surface area contributed by atoms with Crippen molar-refractivity contribution in [3.63, 3.8) is 0 Å². The minimum Gasteiger partial charge on any atom is -0.437 e. The molecule has 44 heavy (non-hydrogen) atoms. The fraction of sp³-hybridized carbons (Fsp3) is 0.258. The third kappa shape index (κ3) is 6.35. The van der Waals surface area contributed by atoms with Gasteiger partial charge in [0.15, 0.2) is 5.69 Å². The van der Waals surface area contributed by atoms with Crippen LogP contribution in [0.5, 0.6) is 11.6 Å². The van der Waals surface area contributed by atoms with E-state index in [0.717, 1.165) is 21.3 Å². The summed E-state index contributed by atoms with van der Waals surface area (Å²) in [6, 6.07) is 16.9. The Morgan fingerprint density at radius 3 is 2.57 bits per heavy atom. The first-order chi connectivity index (χ1) is 21.4. The lowest BCUT2D eigenvalue weighted by molar-refractivity contribution is -0.116. The second-order valence-corrected chi connectivity index (χ2v) is 11.5. The average molecular weight is 608 g/mol. The highest BCUT2D eigenvalue weighted by atomic mass is 32.1. The molecule has 0 bridgehead atoms. The molecule has 2 aromatic carbocycles. The molecule has 4 heterocycles. The number of rotatable bonds is 8. The number of carbonyl (C=O) groups is 2. The lowest BCUT2D eigenvalue weighted by Crippen LogP contribution is -2.42. The van der Waals surface area contributed by atoms with Gasteiger partial charge in [0.25, 0.3) is 5.91 Å². The Morgan fingerprint density at radius 1 is 1.09 bits per heavy atom. The zero-order valence-corrected chi connectivity index (χ0v) is 25.0. The van der Waals surface area contributed by atoms with Crippen LogP contribution in [0.2, 0.25) is 0 Å². The molecule has 12 nitrogen and oxygen atoms in total. The number of aryl methyl sites for hydroxylation is 2. The van der Waals surface area contributed by atoms with Gasteiger partial charge in [-0.1, -0.05) is 23.4 Å². The van der Waals surface area contributed by atoms with Gasteiger partial charge in [0.05, 0.1) is 23.3 Å². The van der Waals surface area contributed by atoms with Crippen molar-refractivity contribution in [1.29, 1.82) is 5.26 Å². The first-order valence-corrected chi connectivity index (χ1v) is 15.0. The number of piperidine rings is 1. The molecule has 5 aromatic rings. The first kappa shape index (κ1) is 28.8. The monoisotopic (exact) mass is 607 g/mol. The number of carbonyl (C=O) groups excluding carboxylic acids is 2. The molecular formula is C31H29N9O3S. The number of aromatic nitrogens is 5. The summed E-state index contributed by atoms with van der Waals surface area (Å²) in [4.78, 5) is 36.6. The minimum atomic E-state index is -0.259. The Morgan fingerprint density at radius 2 is 1.84 bits per heavy atom. The van der Waals surface area contributed by atoms with E-state index in [1.807, 2.05) is 43.5 Å². The van der Waals surface area contributed by atoms with Gasteiger partial charge in [-0.05, 0) is 73.5 Å². The topological polar surface area (TPSA) is 151 Å². The third-order valence-electron chi connectivity index (χ3n) is 7.30. The SMILES string of the molecule is Cc1cc(C#N)cc(C)c1Oc1nc(NC2CCN(C(=O)c3cn(CC(=O)Nc4ccccc4)nn3)CC2)nc2ccsc12.